The molecule has 1 fully saturated rings. The second-order valence-corrected chi connectivity index (χ2v) is 5.73. The molecule has 104 valence electrons. The van der Waals surface area contributed by atoms with Crippen LogP contribution < -0.4 is 5.32 Å². The Hall–Kier alpha value is -1.43. The maximum absolute atomic E-state index is 12.1. The van der Waals surface area contributed by atoms with Crippen LogP contribution in [-0.2, 0) is 0 Å². The van der Waals surface area contributed by atoms with E-state index in [-0.39, 0.29) is 22.7 Å². The summed E-state index contributed by atoms with van der Waals surface area (Å²) in [5.74, 6) is -0.821. The van der Waals surface area contributed by atoms with Crippen LogP contribution in [0.1, 0.15) is 59.3 Å². The summed E-state index contributed by atoms with van der Waals surface area (Å²) in [7, 11) is 0. The minimum absolute atomic E-state index is 0.0640. The molecule has 1 heterocycles. The number of hydrogen-bond acceptors (Lipinski definition) is 4. The second kappa shape index (κ2) is 6.14. The van der Waals surface area contributed by atoms with E-state index in [4.69, 9.17) is 5.11 Å². The molecule has 1 aliphatic carbocycles. The van der Waals surface area contributed by atoms with Crippen molar-refractivity contribution in [1.29, 1.82) is 0 Å². The number of carbonyl (C=O) groups is 2. The largest absolute Gasteiger partial charge is 0.476 e. The third-order valence-electron chi connectivity index (χ3n) is 3.67. The molecule has 1 saturated carbocycles. The molecule has 1 aromatic heterocycles. The topological polar surface area (TPSA) is 79.3 Å². The number of carboxylic acids is 1. The van der Waals surface area contributed by atoms with Crippen molar-refractivity contribution in [1.82, 2.24) is 10.3 Å². The van der Waals surface area contributed by atoms with E-state index >= 15 is 0 Å². The molecule has 19 heavy (non-hydrogen) atoms. The van der Waals surface area contributed by atoms with Crippen molar-refractivity contribution in [2.24, 2.45) is 5.92 Å². The summed E-state index contributed by atoms with van der Waals surface area (Å²) in [6.07, 6.45) is 5.58. The van der Waals surface area contributed by atoms with Gasteiger partial charge in [0.15, 0.2) is 10.7 Å². The molecule has 6 heteroatoms. The zero-order valence-corrected chi connectivity index (χ0v) is 11.7. The molecular weight excluding hydrogens is 264 g/mol. The van der Waals surface area contributed by atoms with Gasteiger partial charge in [-0.3, -0.25) is 4.79 Å². The van der Waals surface area contributed by atoms with Crippen molar-refractivity contribution in [3.05, 3.63) is 16.1 Å². The third-order valence-corrected chi connectivity index (χ3v) is 4.51. The molecule has 5 nitrogen and oxygen atoms in total. The number of carboxylic acid groups (broad SMARTS) is 1. The van der Waals surface area contributed by atoms with E-state index in [0.29, 0.717) is 5.92 Å². The first-order valence-corrected chi connectivity index (χ1v) is 7.49. The highest BCUT2D eigenvalue weighted by Crippen LogP contribution is 2.27. The molecule has 2 rings (SSSR count). The van der Waals surface area contributed by atoms with E-state index < -0.39 is 5.97 Å². The Morgan fingerprint density at radius 1 is 1.47 bits per heavy atom. The molecule has 0 bridgehead atoms. The quantitative estimate of drug-likeness (QED) is 0.889. The van der Waals surface area contributed by atoms with Crippen molar-refractivity contribution >= 4 is 23.2 Å². The summed E-state index contributed by atoms with van der Waals surface area (Å²) < 4.78 is 0. The fourth-order valence-corrected chi connectivity index (χ4v) is 3.29. The highest BCUT2D eigenvalue weighted by molar-refractivity contribution is 7.11. The van der Waals surface area contributed by atoms with Gasteiger partial charge in [-0.25, -0.2) is 9.78 Å². The van der Waals surface area contributed by atoms with Crippen molar-refractivity contribution in [2.75, 3.05) is 0 Å². The van der Waals surface area contributed by atoms with Crippen LogP contribution in [-0.4, -0.2) is 28.0 Å². The Balaban J connectivity index is 2.01. The highest BCUT2D eigenvalue weighted by atomic mass is 32.1. The molecule has 1 amide bonds. The van der Waals surface area contributed by atoms with Gasteiger partial charge in [0.2, 0.25) is 0 Å². The first-order chi connectivity index (χ1) is 9.11. The van der Waals surface area contributed by atoms with E-state index in [1.807, 2.05) is 0 Å². The second-order valence-electron chi connectivity index (χ2n) is 4.88. The maximum Gasteiger partial charge on any atom is 0.355 e. The molecule has 2 unspecified atom stereocenters. The van der Waals surface area contributed by atoms with Crippen LogP contribution in [0.3, 0.4) is 0 Å². The lowest BCUT2D eigenvalue weighted by Crippen LogP contribution is -2.41. The number of nitrogens with zero attached hydrogens (tertiary/aromatic N) is 1. The van der Waals surface area contributed by atoms with Crippen LogP contribution in [0.25, 0.3) is 0 Å². The minimum atomic E-state index is -1.10. The van der Waals surface area contributed by atoms with Gasteiger partial charge in [-0.05, 0) is 18.8 Å². The van der Waals surface area contributed by atoms with Crippen LogP contribution in [0.5, 0.6) is 0 Å². The SMILES string of the molecule is CCC1CCCCC1NC(=O)c1nc(C(=O)O)cs1. The summed E-state index contributed by atoms with van der Waals surface area (Å²) in [4.78, 5) is 26.6. The predicted octanol–water partition coefficient (Wildman–Crippen LogP) is 2.54. The summed E-state index contributed by atoms with van der Waals surface area (Å²) >= 11 is 1.08. The average molecular weight is 282 g/mol. The van der Waals surface area contributed by atoms with Gasteiger partial charge in [0, 0.05) is 11.4 Å². The maximum atomic E-state index is 12.1. The fraction of sp³-hybridized carbons (Fsp3) is 0.615. The zero-order chi connectivity index (χ0) is 13.8. The molecule has 1 aliphatic rings. The number of hydrogen-bond donors (Lipinski definition) is 2. The number of carbonyl (C=O) groups excluding carboxylic acids is 1. The standard InChI is InChI=1S/C13H18N2O3S/c1-2-8-5-3-4-6-9(8)14-11(16)12-15-10(7-19-12)13(17)18/h7-9H,2-6H2,1H3,(H,14,16)(H,17,18). The summed E-state index contributed by atoms with van der Waals surface area (Å²) in [6.45, 7) is 2.14. The first-order valence-electron chi connectivity index (χ1n) is 6.61. The van der Waals surface area contributed by atoms with Crippen LogP contribution in [0, 0.1) is 5.92 Å². The fourth-order valence-electron chi connectivity index (χ4n) is 2.59. The van der Waals surface area contributed by atoms with E-state index in [1.54, 1.807) is 0 Å². The zero-order valence-electron chi connectivity index (χ0n) is 10.9. The van der Waals surface area contributed by atoms with Gasteiger partial charge in [-0.15, -0.1) is 11.3 Å². The van der Waals surface area contributed by atoms with Crippen LogP contribution in [0.4, 0.5) is 0 Å². The molecular formula is C13H18N2O3S. The van der Waals surface area contributed by atoms with Crippen molar-refractivity contribution in [3.63, 3.8) is 0 Å². The third kappa shape index (κ3) is 3.32. The smallest absolute Gasteiger partial charge is 0.355 e. The first kappa shape index (κ1) is 14.0. The molecule has 1 aromatic rings. The number of aromatic carboxylic acids is 1. The molecule has 2 N–H and O–H groups in total. The van der Waals surface area contributed by atoms with Gasteiger partial charge >= 0.3 is 5.97 Å². The monoisotopic (exact) mass is 282 g/mol. The van der Waals surface area contributed by atoms with Gasteiger partial charge in [0.05, 0.1) is 0 Å². The van der Waals surface area contributed by atoms with Crippen molar-refractivity contribution in [2.45, 2.75) is 45.1 Å². The Kier molecular flexibility index (Phi) is 4.52. The van der Waals surface area contributed by atoms with Crippen molar-refractivity contribution in [3.8, 4) is 0 Å². The van der Waals surface area contributed by atoms with Crippen LogP contribution >= 0.6 is 11.3 Å². The van der Waals surface area contributed by atoms with Gasteiger partial charge in [0.1, 0.15) is 0 Å². The number of aromatic nitrogens is 1. The molecule has 0 radical (unpaired) electrons. The van der Waals surface area contributed by atoms with Crippen LogP contribution in [0.2, 0.25) is 0 Å². The lowest BCUT2D eigenvalue weighted by molar-refractivity contribution is 0.0691. The van der Waals surface area contributed by atoms with Gasteiger partial charge in [-0.2, -0.15) is 0 Å². The predicted molar refractivity (Wildman–Crippen MR) is 72.6 cm³/mol. The Morgan fingerprint density at radius 2 is 2.21 bits per heavy atom. The Morgan fingerprint density at radius 3 is 2.84 bits per heavy atom. The normalized spacial score (nSPS) is 23.0. The average Bonchev–Trinajstić information content (AvgIpc) is 2.89. The molecule has 0 aliphatic heterocycles. The molecule has 0 saturated heterocycles. The Labute approximate surface area is 116 Å². The number of thiazole rings is 1. The number of amides is 1. The highest BCUT2D eigenvalue weighted by Gasteiger charge is 2.26. The molecule has 0 aromatic carbocycles. The van der Waals surface area contributed by atoms with E-state index in [1.165, 1.54) is 11.8 Å². The lowest BCUT2D eigenvalue weighted by Gasteiger charge is -2.31. The van der Waals surface area contributed by atoms with E-state index in [0.717, 1.165) is 37.0 Å². The molecule has 0 spiro atoms. The number of rotatable bonds is 4. The van der Waals surface area contributed by atoms with Gasteiger partial charge < -0.3 is 10.4 Å². The summed E-state index contributed by atoms with van der Waals surface area (Å²) in [5, 5.41) is 13.4. The van der Waals surface area contributed by atoms with E-state index in [2.05, 4.69) is 17.2 Å². The Bertz CT molecular complexity index is 472. The van der Waals surface area contributed by atoms with Crippen LogP contribution in [0.15, 0.2) is 5.38 Å². The van der Waals surface area contributed by atoms with Crippen molar-refractivity contribution < 1.29 is 14.7 Å². The van der Waals surface area contributed by atoms with Gasteiger partial charge in [0.25, 0.3) is 5.91 Å². The van der Waals surface area contributed by atoms with E-state index in [9.17, 15) is 9.59 Å². The minimum Gasteiger partial charge on any atom is -0.476 e. The lowest BCUT2D eigenvalue weighted by atomic mass is 9.83. The van der Waals surface area contributed by atoms with Gasteiger partial charge in [-0.1, -0.05) is 26.2 Å². The molecule has 2 atom stereocenters. The summed E-state index contributed by atoms with van der Waals surface area (Å²) in [6, 6.07) is 0.198. The summed E-state index contributed by atoms with van der Waals surface area (Å²) in [5.41, 5.74) is -0.0640. The number of nitrogens with one attached hydrogen (secondary N) is 1.